The number of para-hydroxylation sites is 1. The number of amides is 1. The summed E-state index contributed by atoms with van der Waals surface area (Å²) < 4.78 is 31.2. The zero-order chi connectivity index (χ0) is 32.7. The van der Waals surface area contributed by atoms with Gasteiger partial charge in [-0.2, -0.15) is 0 Å². The number of ether oxygens (including phenoxy) is 3. The number of methoxy groups -OCH3 is 1. The van der Waals surface area contributed by atoms with Crippen molar-refractivity contribution in [3.8, 4) is 11.5 Å². The van der Waals surface area contributed by atoms with Crippen molar-refractivity contribution in [1.82, 2.24) is 4.57 Å². The Hall–Kier alpha value is -5.36. The molecule has 1 aromatic heterocycles. The molecule has 2 aliphatic rings. The van der Waals surface area contributed by atoms with E-state index in [9.17, 15) is 23.6 Å². The van der Waals surface area contributed by atoms with E-state index in [1.54, 1.807) is 67.3 Å². The first kappa shape index (κ1) is 30.7. The van der Waals surface area contributed by atoms with Gasteiger partial charge in [0.15, 0.2) is 16.3 Å². The summed E-state index contributed by atoms with van der Waals surface area (Å²) in [6.07, 6.45) is 0. The first-order valence-corrected chi connectivity index (χ1v) is 15.2. The minimum absolute atomic E-state index is 0.0980. The number of aromatic nitrogens is 1. The fourth-order valence-electron chi connectivity index (χ4n) is 5.68. The maximum Gasteiger partial charge on any atom is 0.338 e. The van der Waals surface area contributed by atoms with Crippen LogP contribution in [-0.4, -0.2) is 36.1 Å². The lowest BCUT2D eigenvalue weighted by Crippen LogP contribution is -2.41. The largest absolute Gasteiger partial charge is 0.493 e. The van der Waals surface area contributed by atoms with Crippen molar-refractivity contribution in [1.29, 1.82) is 0 Å². The molecule has 1 atom stereocenters. The van der Waals surface area contributed by atoms with Gasteiger partial charge in [0.2, 0.25) is 0 Å². The van der Waals surface area contributed by atoms with Gasteiger partial charge in [0.1, 0.15) is 10.3 Å². The molecule has 0 unspecified atom stereocenters. The summed E-state index contributed by atoms with van der Waals surface area (Å²) in [7, 11) is 1.41. The molecule has 0 radical (unpaired) electrons. The third kappa shape index (κ3) is 5.30. The number of nitrogens with zero attached hydrogens (tertiary/aromatic N) is 3. The molecule has 46 heavy (non-hydrogen) atoms. The fraction of sp³-hybridized carbons (Fsp3) is 0.206. The lowest BCUT2D eigenvalue weighted by molar-refractivity contribution is -0.139. The second kappa shape index (κ2) is 12.2. The second-order valence-corrected chi connectivity index (χ2v) is 11.5. The van der Waals surface area contributed by atoms with E-state index >= 15 is 0 Å². The molecule has 0 saturated carbocycles. The van der Waals surface area contributed by atoms with Crippen molar-refractivity contribution in [2.75, 3.05) is 18.6 Å². The Bertz CT molecular complexity index is 2130. The van der Waals surface area contributed by atoms with Gasteiger partial charge >= 0.3 is 11.9 Å². The molecule has 0 N–H and O–H groups in total. The van der Waals surface area contributed by atoms with Crippen LogP contribution >= 0.6 is 11.3 Å². The predicted octanol–water partition coefficient (Wildman–Crippen LogP) is 3.79. The summed E-state index contributed by atoms with van der Waals surface area (Å²) in [5.74, 6) is -1.58. The number of carbonyl (C=O) groups excluding carboxylic acids is 3. The lowest BCUT2D eigenvalue weighted by atomic mass is 9.95. The molecule has 2 aliphatic heterocycles. The highest BCUT2D eigenvalue weighted by molar-refractivity contribution is 7.07. The topological polar surface area (TPSA) is 117 Å². The number of thiazole rings is 1. The van der Waals surface area contributed by atoms with Gasteiger partial charge in [-0.25, -0.2) is 14.2 Å². The number of esters is 2. The number of benzene rings is 3. The Balaban J connectivity index is 1.56. The summed E-state index contributed by atoms with van der Waals surface area (Å²) in [5.41, 5.74) is 2.56. The lowest BCUT2D eigenvalue weighted by Gasteiger charge is -2.25. The summed E-state index contributed by atoms with van der Waals surface area (Å²) in [6, 6.07) is 16.8. The Kier molecular flexibility index (Phi) is 8.13. The van der Waals surface area contributed by atoms with Gasteiger partial charge in [-0.3, -0.25) is 19.0 Å². The van der Waals surface area contributed by atoms with Crippen LogP contribution in [0.5, 0.6) is 11.5 Å². The van der Waals surface area contributed by atoms with Crippen LogP contribution in [0.1, 0.15) is 43.5 Å². The fourth-order valence-corrected chi connectivity index (χ4v) is 6.82. The van der Waals surface area contributed by atoms with Gasteiger partial charge in [-0.05, 0) is 55.3 Å². The van der Waals surface area contributed by atoms with E-state index in [0.717, 1.165) is 11.3 Å². The number of halogens is 1. The molecule has 0 spiro atoms. The van der Waals surface area contributed by atoms with Crippen molar-refractivity contribution in [3.05, 3.63) is 120 Å². The summed E-state index contributed by atoms with van der Waals surface area (Å²) in [6.45, 7) is 4.87. The van der Waals surface area contributed by atoms with E-state index in [1.807, 2.05) is 0 Å². The Morgan fingerprint density at radius 1 is 1.02 bits per heavy atom. The van der Waals surface area contributed by atoms with Gasteiger partial charge in [0.05, 0.1) is 48.8 Å². The molecule has 234 valence electrons. The van der Waals surface area contributed by atoms with Crippen LogP contribution < -0.4 is 29.3 Å². The average Bonchev–Trinajstić information content (AvgIpc) is 3.49. The summed E-state index contributed by atoms with van der Waals surface area (Å²) in [5, 5.41) is 0. The normalized spacial score (nSPS) is 16.5. The zero-order valence-electron chi connectivity index (χ0n) is 25.3. The number of allylic oxidation sites excluding steroid dienone is 1. The molecule has 3 aromatic carbocycles. The first-order chi connectivity index (χ1) is 22.1. The van der Waals surface area contributed by atoms with Crippen LogP contribution in [0.25, 0.3) is 5.57 Å². The third-order valence-corrected chi connectivity index (χ3v) is 8.71. The van der Waals surface area contributed by atoms with Gasteiger partial charge in [-0.15, -0.1) is 0 Å². The highest BCUT2D eigenvalue weighted by atomic mass is 32.1. The Labute approximate surface area is 266 Å². The van der Waals surface area contributed by atoms with Crippen molar-refractivity contribution < 1.29 is 33.0 Å². The van der Waals surface area contributed by atoms with Crippen molar-refractivity contribution in [3.63, 3.8) is 0 Å². The smallest absolute Gasteiger partial charge is 0.338 e. The van der Waals surface area contributed by atoms with E-state index in [0.29, 0.717) is 28.1 Å². The molecule has 0 saturated heterocycles. The number of carbonyl (C=O) groups is 3. The van der Waals surface area contributed by atoms with Crippen LogP contribution in [0.15, 0.2) is 87.8 Å². The molecule has 12 heteroatoms. The molecule has 0 bridgehead atoms. The number of anilines is 1. The summed E-state index contributed by atoms with van der Waals surface area (Å²) >= 11 is 1.05. The van der Waals surface area contributed by atoms with Gasteiger partial charge in [0, 0.05) is 12.5 Å². The molecular weight excluding hydrogens is 613 g/mol. The Morgan fingerprint density at radius 2 is 1.76 bits per heavy atom. The van der Waals surface area contributed by atoms with Crippen LogP contribution in [0.3, 0.4) is 0 Å². The Morgan fingerprint density at radius 3 is 2.46 bits per heavy atom. The quantitative estimate of drug-likeness (QED) is 0.223. The van der Waals surface area contributed by atoms with Crippen LogP contribution in [0, 0.1) is 5.82 Å². The molecule has 0 aliphatic carbocycles. The molecule has 0 fully saturated rings. The molecule has 3 heterocycles. The third-order valence-electron chi connectivity index (χ3n) is 7.65. The maximum atomic E-state index is 14.4. The first-order valence-electron chi connectivity index (χ1n) is 14.4. The monoisotopic (exact) mass is 641 g/mol. The van der Waals surface area contributed by atoms with Crippen molar-refractivity contribution in [2.45, 2.75) is 33.4 Å². The highest BCUT2D eigenvalue weighted by Gasteiger charge is 2.37. The van der Waals surface area contributed by atoms with Crippen molar-refractivity contribution in [2.24, 2.45) is 4.99 Å². The zero-order valence-corrected chi connectivity index (χ0v) is 26.1. The molecule has 6 rings (SSSR count). The number of hydrogen-bond acceptors (Lipinski definition) is 9. The average molecular weight is 642 g/mol. The van der Waals surface area contributed by atoms with Gasteiger partial charge in [-0.1, -0.05) is 47.7 Å². The van der Waals surface area contributed by atoms with E-state index in [1.165, 1.54) is 36.8 Å². The minimum Gasteiger partial charge on any atom is -0.493 e. The maximum absolute atomic E-state index is 14.4. The SMILES string of the molecule is CCOC(=O)C1=C(C)N=c2s/c(=C3\C(=O)N(Cc4ccc(F)cc4)c4ccccc43)c(=O)n2[C@H]1c1ccc(OC(C)=O)c(OC)c1. The standard InChI is InChI=1S/C34H28FN3O7S/c1-5-44-33(42)27-18(2)36-34-38(29(27)21-12-15-25(45-19(3)39)26(16-21)43-4)32(41)30(46-34)28-23-8-6-7-9-24(23)37(31(28)40)17-20-10-13-22(35)14-11-20/h6-16,29H,5,17H2,1-4H3/b30-28-/t29-/m0/s1. The second-order valence-electron chi connectivity index (χ2n) is 10.5. The minimum atomic E-state index is -0.994. The predicted molar refractivity (Wildman–Crippen MR) is 168 cm³/mol. The van der Waals surface area contributed by atoms with Crippen LogP contribution in [0.2, 0.25) is 0 Å². The van der Waals surface area contributed by atoms with E-state index in [-0.39, 0.29) is 56.9 Å². The molecule has 4 aromatic rings. The van der Waals surface area contributed by atoms with Crippen LogP contribution in [-0.2, 0) is 25.7 Å². The van der Waals surface area contributed by atoms with Crippen LogP contribution in [0.4, 0.5) is 10.1 Å². The number of rotatable bonds is 7. The number of fused-ring (bicyclic) bond motifs is 2. The molecule has 10 nitrogen and oxygen atoms in total. The van der Waals surface area contributed by atoms with E-state index in [2.05, 4.69) is 4.99 Å². The van der Waals surface area contributed by atoms with E-state index < -0.39 is 23.5 Å². The molecular formula is C34H28FN3O7S. The van der Waals surface area contributed by atoms with Gasteiger partial charge in [0.25, 0.3) is 11.5 Å². The highest BCUT2D eigenvalue weighted by Crippen LogP contribution is 2.38. The molecule has 1 amide bonds. The van der Waals surface area contributed by atoms with Gasteiger partial charge < -0.3 is 19.1 Å². The number of hydrogen-bond donors (Lipinski definition) is 0. The van der Waals surface area contributed by atoms with Crippen molar-refractivity contribution >= 4 is 40.4 Å². The van der Waals surface area contributed by atoms with E-state index in [4.69, 9.17) is 14.2 Å². The summed E-state index contributed by atoms with van der Waals surface area (Å²) in [4.78, 5) is 60.0.